The molecule has 2 N–H and O–H groups in total. The maximum atomic E-state index is 11.7. The van der Waals surface area contributed by atoms with Crippen molar-refractivity contribution in [3.05, 3.63) is 24.2 Å². The van der Waals surface area contributed by atoms with Gasteiger partial charge in [0.2, 0.25) is 5.91 Å². The second-order valence-electron chi connectivity index (χ2n) is 3.04. The van der Waals surface area contributed by atoms with Crippen LogP contribution in [0, 0.1) is 0 Å². The summed E-state index contributed by atoms with van der Waals surface area (Å²) >= 11 is 0. The van der Waals surface area contributed by atoms with E-state index >= 15 is 0 Å². The van der Waals surface area contributed by atoms with Gasteiger partial charge >= 0.3 is 12.1 Å². The van der Waals surface area contributed by atoms with E-state index in [9.17, 15) is 22.8 Å². The highest BCUT2D eigenvalue weighted by molar-refractivity contribution is 5.87. The molecule has 0 aromatic carbocycles. The van der Waals surface area contributed by atoms with Crippen LogP contribution < -0.4 is 10.6 Å². The lowest BCUT2D eigenvalue weighted by atomic mass is 10.4. The fraction of sp³-hybridized carbons (Fsp3) is 0.333. The molecule has 1 rings (SSSR count). The average Bonchev–Trinajstić information content (AvgIpc) is 2.74. The van der Waals surface area contributed by atoms with Gasteiger partial charge in [-0.05, 0) is 12.1 Å². The van der Waals surface area contributed by atoms with E-state index in [-0.39, 0.29) is 6.54 Å². The van der Waals surface area contributed by atoms with E-state index in [1.807, 2.05) is 0 Å². The molecule has 1 heterocycles. The van der Waals surface area contributed by atoms with Crippen LogP contribution in [0.25, 0.3) is 0 Å². The van der Waals surface area contributed by atoms with Crippen LogP contribution in [0.3, 0.4) is 0 Å². The van der Waals surface area contributed by atoms with Crippen molar-refractivity contribution in [2.45, 2.75) is 12.7 Å². The maximum Gasteiger partial charge on any atom is 0.471 e. The van der Waals surface area contributed by atoms with E-state index in [0.29, 0.717) is 5.76 Å². The van der Waals surface area contributed by atoms with Gasteiger partial charge in [0, 0.05) is 0 Å². The lowest BCUT2D eigenvalue weighted by Gasteiger charge is -2.07. The van der Waals surface area contributed by atoms with E-state index < -0.39 is 24.5 Å². The summed E-state index contributed by atoms with van der Waals surface area (Å²) < 4.78 is 40.1. The van der Waals surface area contributed by atoms with Crippen molar-refractivity contribution in [2.24, 2.45) is 0 Å². The van der Waals surface area contributed by atoms with Gasteiger partial charge in [0.05, 0.1) is 19.4 Å². The minimum absolute atomic E-state index is 0.0493. The zero-order chi connectivity index (χ0) is 12.9. The first-order valence-electron chi connectivity index (χ1n) is 4.53. The number of alkyl halides is 3. The summed E-state index contributed by atoms with van der Waals surface area (Å²) in [4.78, 5) is 21.4. The van der Waals surface area contributed by atoms with Crippen molar-refractivity contribution in [1.82, 2.24) is 10.6 Å². The molecule has 0 bridgehead atoms. The second-order valence-corrected chi connectivity index (χ2v) is 3.04. The van der Waals surface area contributed by atoms with E-state index in [1.165, 1.54) is 11.6 Å². The minimum atomic E-state index is -4.98. The third-order valence-corrected chi connectivity index (χ3v) is 1.71. The topological polar surface area (TPSA) is 71.3 Å². The van der Waals surface area contributed by atoms with Crippen molar-refractivity contribution in [1.29, 1.82) is 0 Å². The Labute approximate surface area is 94.0 Å². The summed E-state index contributed by atoms with van der Waals surface area (Å²) in [6.45, 7) is -0.688. The Kier molecular flexibility index (Phi) is 4.13. The Bertz CT molecular complexity index is 387. The molecule has 0 aliphatic rings. The molecule has 0 spiro atoms. The van der Waals surface area contributed by atoms with Crippen molar-refractivity contribution in [2.75, 3.05) is 6.54 Å². The predicted octanol–water partition coefficient (Wildman–Crippen LogP) is 0.574. The zero-order valence-electron chi connectivity index (χ0n) is 8.50. The van der Waals surface area contributed by atoms with Gasteiger partial charge in [-0.2, -0.15) is 13.2 Å². The van der Waals surface area contributed by atoms with Crippen LogP contribution in [-0.2, 0) is 16.1 Å². The zero-order valence-corrected chi connectivity index (χ0v) is 8.50. The fourth-order valence-electron chi connectivity index (χ4n) is 0.922. The monoisotopic (exact) mass is 250 g/mol. The minimum Gasteiger partial charge on any atom is -0.467 e. The summed E-state index contributed by atoms with van der Waals surface area (Å²) in [5, 5.41) is 3.72. The highest BCUT2D eigenvalue weighted by atomic mass is 19.4. The second kappa shape index (κ2) is 5.37. The van der Waals surface area contributed by atoms with Gasteiger partial charge in [-0.3, -0.25) is 9.59 Å². The molecule has 0 fully saturated rings. The van der Waals surface area contributed by atoms with Gasteiger partial charge in [-0.1, -0.05) is 0 Å². The number of rotatable bonds is 4. The third kappa shape index (κ3) is 4.58. The SMILES string of the molecule is O=C(CNC(=O)C(F)(F)F)NCc1ccco1. The largest absolute Gasteiger partial charge is 0.471 e. The number of nitrogens with one attached hydrogen (secondary N) is 2. The van der Waals surface area contributed by atoms with Gasteiger partial charge < -0.3 is 15.1 Å². The Morgan fingerprint density at radius 1 is 1.29 bits per heavy atom. The standard InChI is InChI=1S/C9H9F3N2O3/c10-9(11,12)8(16)14-5-7(15)13-4-6-2-1-3-17-6/h1-3H,4-5H2,(H,13,15)(H,14,16). The molecule has 0 aliphatic carbocycles. The molecule has 8 heteroatoms. The molecule has 0 radical (unpaired) electrons. The smallest absolute Gasteiger partial charge is 0.467 e. The van der Waals surface area contributed by atoms with Crippen LogP contribution >= 0.6 is 0 Å². The van der Waals surface area contributed by atoms with Crippen molar-refractivity contribution in [3.8, 4) is 0 Å². The van der Waals surface area contributed by atoms with E-state index in [1.54, 1.807) is 12.1 Å². The number of amides is 2. The quantitative estimate of drug-likeness (QED) is 0.820. The molecule has 94 valence electrons. The van der Waals surface area contributed by atoms with Crippen LogP contribution in [0.5, 0.6) is 0 Å². The molecule has 5 nitrogen and oxygen atoms in total. The third-order valence-electron chi connectivity index (χ3n) is 1.71. The Balaban J connectivity index is 2.24. The number of halogens is 3. The Morgan fingerprint density at radius 3 is 2.53 bits per heavy atom. The first kappa shape index (κ1) is 13.1. The molecule has 0 saturated heterocycles. The van der Waals surface area contributed by atoms with Gasteiger partial charge in [0.25, 0.3) is 0 Å². The highest BCUT2D eigenvalue weighted by Crippen LogP contribution is 2.13. The van der Waals surface area contributed by atoms with Crippen LogP contribution in [0.2, 0.25) is 0 Å². The fourth-order valence-corrected chi connectivity index (χ4v) is 0.922. The molecule has 0 unspecified atom stereocenters. The summed E-state index contributed by atoms with van der Waals surface area (Å²) in [7, 11) is 0. The number of carbonyl (C=O) groups is 2. The lowest BCUT2D eigenvalue weighted by Crippen LogP contribution is -2.42. The number of hydrogen-bond donors (Lipinski definition) is 2. The summed E-state index contributed by atoms with van der Waals surface area (Å²) in [5.74, 6) is -2.43. The molecular weight excluding hydrogens is 241 g/mol. The highest BCUT2D eigenvalue weighted by Gasteiger charge is 2.38. The van der Waals surface area contributed by atoms with Gasteiger partial charge in [0.15, 0.2) is 0 Å². The Morgan fingerprint density at radius 2 is 2.00 bits per heavy atom. The summed E-state index contributed by atoms with van der Waals surface area (Å²) in [6, 6.07) is 3.20. The lowest BCUT2D eigenvalue weighted by molar-refractivity contribution is -0.173. The van der Waals surface area contributed by atoms with Crippen LogP contribution in [-0.4, -0.2) is 24.5 Å². The maximum absolute atomic E-state index is 11.7. The van der Waals surface area contributed by atoms with Gasteiger partial charge in [0.1, 0.15) is 5.76 Å². The van der Waals surface area contributed by atoms with Crippen molar-refractivity contribution >= 4 is 11.8 Å². The number of hydrogen-bond acceptors (Lipinski definition) is 3. The molecule has 2 amide bonds. The first-order valence-corrected chi connectivity index (χ1v) is 4.53. The molecule has 0 saturated carbocycles. The van der Waals surface area contributed by atoms with E-state index in [2.05, 4.69) is 5.32 Å². The normalized spacial score (nSPS) is 11.0. The van der Waals surface area contributed by atoms with Gasteiger partial charge in [-0.15, -0.1) is 0 Å². The van der Waals surface area contributed by atoms with Crippen LogP contribution in [0.4, 0.5) is 13.2 Å². The summed E-state index contributed by atoms with van der Waals surface area (Å²) in [6.07, 6.45) is -3.59. The molecule has 17 heavy (non-hydrogen) atoms. The Hall–Kier alpha value is -1.99. The van der Waals surface area contributed by atoms with Crippen LogP contribution in [0.1, 0.15) is 5.76 Å². The summed E-state index contributed by atoms with van der Waals surface area (Å²) in [5.41, 5.74) is 0. The van der Waals surface area contributed by atoms with E-state index in [4.69, 9.17) is 4.42 Å². The van der Waals surface area contributed by atoms with Crippen LogP contribution in [0.15, 0.2) is 22.8 Å². The van der Waals surface area contributed by atoms with E-state index in [0.717, 1.165) is 0 Å². The molecular formula is C9H9F3N2O3. The molecule has 0 atom stereocenters. The molecule has 1 aromatic heterocycles. The number of furan rings is 1. The molecule has 1 aromatic rings. The predicted molar refractivity (Wildman–Crippen MR) is 49.6 cm³/mol. The van der Waals surface area contributed by atoms with Crippen molar-refractivity contribution < 1.29 is 27.2 Å². The van der Waals surface area contributed by atoms with Gasteiger partial charge in [-0.25, -0.2) is 0 Å². The molecule has 0 aliphatic heterocycles. The van der Waals surface area contributed by atoms with Crippen molar-refractivity contribution in [3.63, 3.8) is 0 Å². The average molecular weight is 250 g/mol. The first-order chi connectivity index (χ1) is 7.89. The number of carbonyl (C=O) groups excluding carboxylic acids is 2.